The number of nitrogens with zero attached hydrogens (tertiary/aromatic N) is 2. The third kappa shape index (κ3) is 4.43. The lowest BCUT2D eigenvalue weighted by Gasteiger charge is -2.12. The van der Waals surface area contributed by atoms with Gasteiger partial charge in [0.2, 0.25) is 0 Å². The molecule has 3 aromatic rings. The van der Waals surface area contributed by atoms with E-state index in [1.54, 1.807) is 25.6 Å². The van der Waals surface area contributed by atoms with Crippen LogP contribution in [0.4, 0.5) is 0 Å². The van der Waals surface area contributed by atoms with Crippen molar-refractivity contribution >= 4 is 17.2 Å². The number of nitrogens with one attached hydrogen (secondary N) is 1. The van der Waals surface area contributed by atoms with E-state index < -0.39 is 0 Å². The van der Waals surface area contributed by atoms with Crippen LogP contribution in [0, 0.1) is 13.8 Å². The molecule has 28 heavy (non-hydrogen) atoms. The lowest BCUT2D eigenvalue weighted by atomic mass is 10.2. The van der Waals surface area contributed by atoms with Crippen molar-refractivity contribution in [2.24, 2.45) is 0 Å². The molecule has 2 heterocycles. The SMILES string of the molecule is COCCNC(=O)c1cc(-c2csc(C)n2)n(Cc2ccc(OC)cc2)c1C. The van der Waals surface area contributed by atoms with E-state index in [2.05, 4.69) is 14.9 Å². The zero-order chi connectivity index (χ0) is 20.1. The van der Waals surface area contributed by atoms with Gasteiger partial charge in [-0.1, -0.05) is 12.1 Å². The Morgan fingerprint density at radius 1 is 1.21 bits per heavy atom. The molecule has 7 heteroatoms. The molecule has 0 spiro atoms. The molecule has 6 nitrogen and oxygen atoms in total. The first kappa shape index (κ1) is 20.1. The van der Waals surface area contributed by atoms with Crippen molar-refractivity contribution in [3.63, 3.8) is 0 Å². The monoisotopic (exact) mass is 399 g/mol. The number of ether oxygens (including phenoxy) is 2. The molecule has 0 aliphatic heterocycles. The van der Waals surface area contributed by atoms with Gasteiger partial charge in [0.1, 0.15) is 5.75 Å². The van der Waals surface area contributed by atoms with E-state index in [1.165, 1.54) is 0 Å². The average molecular weight is 400 g/mol. The maximum Gasteiger partial charge on any atom is 0.253 e. The molecule has 0 aliphatic rings. The average Bonchev–Trinajstić information content (AvgIpc) is 3.26. The minimum absolute atomic E-state index is 0.101. The van der Waals surface area contributed by atoms with Gasteiger partial charge >= 0.3 is 0 Å². The summed E-state index contributed by atoms with van der Waals surface area (Å²) in [6.45, 7) is 5.56. The molecule has 0 radical (unpaired) electrons. The molecule has 3 rings (SSSR count). The number of carbonyl (C=O) groups excluding carboxylic acids is 1. The summed E-state index contributed by atoms with van der Waals surface area (Å²) in [5.41, 5.74) is 4.51. The van der Waals surface area contributed by atoms with Gasteiger partial charge in [-0.15, -0.1) is 11.3 Å². The van der Waals surface area contributed by atoms with Crippen LogP contribution in [0.2, 0.25) is 0 Å². The zero-order valence-electron chi connectivity index (χ0n) is 16.6. The first-order valence-electron chi connectivity index (χ1n) is 9.06. The molecule has 0 bridgehead atoms. The second-order valence-electron chi connectivity index (χ2n) is 6.46. The van der Waals surface area contributed by atoms with E-state index in [4.69, 9.17) is 9.47 Å². The summed E-state index contributed by atoms with van der Waals surface area (Å²) in [4.78, 5) is 17.3. The Hall–Kier alpha value is -2.64. The second kappa shape index (κ2) is 9.03. The minimum atomic E-state index is -0.101. The van der Waals surface area contributed by atoms with E-state index in [0.717, 1.165) is 33.4 Å². The Morgan fingerprint density at radius 3 is 2.57 bits per heavy atom. The molecule has 0 fully saturated rings. The Kier molecular flexibility index (Phi) is 6.49. The fourth-order valence-electron chi connectivity index (χ4n) is 3.05. The van der Waals surface area contributed by atoms with Gasteiger partial charge in [-0.3, -0.25) is 4.79 Å². The van der Waals surface area contributed by atoms with Crippen molar-refractivity contribution in [3.05, 3.63) is 57.5 Å². The van der Waals surface area contributed by atoms with E-state index in [9.17, 15) is 4.79 Å². The molecule has 148 valence electrons. The number of hydrogen-bond acceptors (Lipinski definition) is 5. The topological polar surface area (TPSA) is 65.4 Å². The molecule has 1 N–H and O–H groups in total. The van der Waals surface area contributed by atoms with Crippen molar-refractivity contribution in [1.29, 1.82) is 0 Å². The van der Waals surface area contributed by atoms with Crippen LogP contribution in [-0.4, -0.2) is 42.8 Å². The van der Waals surface area contributed by atoms with Gasteiger partial charge in [0.05, 0.1) is 35.7 Å². The number of amides is 1. The number of thiazole rings is 1. The molecule has 2 aromatic heterocycles. The first-order valence-corrected chi connectivity index (χ1v) is 9.94. The van der Waals surface area contributed by atoms with Gasteiger partial charge in [0.15, 0.2) is 0 Å². The lowest BCUT2D eigenvalue weighted by molar-refractivity contribution is 0.0936. The van der Waals surface area contributed by atoms with Crippen LogP contribution in [0.5, 0.6) is 5.75 Å². The molecule has 0 aliphatic carbocycles. The predicted octanol–water partition coefficient (Wildman–Crippen LogP) is 3.66. The summed E-state index contributed by atoms with van der Waals surface area (Å²) in [7, 11) is 3.27. The largest absolute Gasteiger partial charge is 0.497 e. The number of carbonyl (C=O) groups is 1. The second-order valence-corrected chi connectivity index (χ2v) is 7.53. The molecule has 0 saturated carbocycles. The summed E-state index contributed by atoms with van der Waals surface area (Å²) in [5, 5.41) is 5.93. The standard InChI is InChI=1S/C21H25N3O3S/c1-14-18(21(25)22-9-10-26-3)11-20(19-13-28-15(2)23-19)24(14)12-16-5-7-17(27-4)8-6-16/h5-8,11,13H,9-10,12H2,1-4H3,(H,22,25). The highest BCUT2D eigenvalue weighted by atomic mass is 32.1. The summed E-state index contributed by atoms with van der Waals surface area (Å²) in [6, 6.07) is 9.88. The molecule has 1 aromatic carbocycles. The number of benzene rings is 1. The van der Waals surface area contributed by atoms with Gasteiger partial charge in [0, 0.05) is 31.3 Å². The van der Waals surface area contributed by atoms with Gasteiger partial charge in [0.25, 0.3) is 5.91 Å². The smallest absolute Gasteiger partial charge is 0.253 e. The summed E-state index contributed by atoms with van der Waals surface area (Å²) in [5.74, 6) is 0.720. The van der Waals surface area contributed by atoms with Crippen LogP contribution in [-0.2, 0) is 11.3 Å². The number of hydrogen-bond donors (Lipinski definition) is 1. The van der Waals surface area contributed by atoms with E-state index >= 15 is 0 Å². The quantitative estimate of drug-likeness (QED) is 0.587. The maximum atomic E-state index is 12.7. The molecular formula is C21H25N3O3S. The fourth-order valence-corrected chi connectivity index (χ4v) is 3.65. The fraction of sp³-hybridized carbons (Fsp3) is 0.333. The maximum absolute atomic E-state index is 12.7. The van der Waals surface area contributed by atoms with Crippen LogP contribution in [0.3, 0.4) is 0 Å². The third-order valence-corrected chi connectivity index (χ3v) is 5.36. The Bertz CT molecular complexity index is 944. The van der Waals surface area contributed by atoms with Crippen molar-refractivity contribution in [2.75, 3.05) is 27.4 Å². The van der Waals surface area contributed by atoms with Crippen LogP contribution in [0.25, 0.3) is 11.4 Å². The van der Waals surface area contributed by atoms with E-state index in [0.29, 0.717) is 25.3 Å². The summed E-state index contributed by atoms with van der Waals surface area (Å²) < 4.78 is 12.4. The molecule has 0 atom stereocenters. The van der Waals surface area contributed by atoms with Crippen LogP contribution in [0.1, 0.15) is 26.6 Å². The van der Waals surface area contributed by atoms with Crippen molar-refractivity contribution in [3.8, 4) is 17.1 Å². The van der Waals surface area contributed by atoms with Gasteiger partial charge in [-0.25, -0.2) is 4.98 Å². The van der Waals surface area contributed by atoms with Crippen LogP contribution in [0.15, 0.2) is 35.7 Å². The molecular weight excluding hydrogens is 374 g/mol. The van der Waals surface area contributed by atoms with E-state index in [-0.39, 0.29) is 5.91 Å². The number of methoxy groups -OCH3 is 2. The highest BCUT2D eigenvalue weighted by Crippen LogP contribution is 2.28. The van der Waals surface area contributed by atoms with Gasteiger partial charge < -0.3 is 19.4 Å². The Balaban J connectivity index is 1.96. The van der Waals surface area contributed by atoms with Crippen molar-refractivity contribution < 1.29 is 14.3 Å². The first-order chi connectivity index (χ1) is 13.5. The summed E-state index contributed by atoms with van der Waals surface area (Å²) in [6.07, 6.45) is 0. The lowest BCUT2D eigenvalue weighted by Crippen LogP contribution is -2.27. The van der Waals surface area contributed by atoms with Crippen molar-refractivity contribution in [1.82, 2.24) is 14.9 Å². The number of rotatable bonds is 8. The normalized spacial score (nSPS) is 10.9. The van der Waals surface area contributed by atoms with Gasteiger partial charge in [-0.2, -0.15) is 0 Å². The minimum Gasteiger partial charge on any atom is -0.497 e. The highest BCUT2D eigenvalue weighted by Gasteiger charge is 2.20. The summed E-state index contributed by atoms with van der Waals surface area (Å²) >= 11 is 1.60. The zero-order valence-corrected chi connectivity index (χ0v) is 17.4. The Morgan fingerprint density at radius 2 is 1.96 bits per heavy atom. The van der Waals surface area contributed by atoms with Crippen molar-refractivity contribution in [2.45, 2.75) is 20.4 Å². The number of aryl methyl sites for hydroxylation is 1. The van der Waals surface area contributed by atoms with Crippen LogP contribution < -0.4 is 10.1 Å². The Labute approximate surface area is 169 Å². The number of aromatic nitrogens is 2. The van der Waals surface area contributed by atoms with E-state index in [1.807, 2.05) is 49.6 Å². The molecule has 0 saturated heterocycles. The van der Waals surface area contributed by atoms with Gasteiger partial charge in [-0.05, 0) is 37.6 Å². The highest BCUT2D eigenvalue weighted by molar-refractivity contribution is 7.09. The van der Waals surface area contributed by atoms with Crippen LogP contribution >= 0.6 is 11.3 Å². The third-order valence-electron chi connectivity index (χ3n) is 4.58. The molecule has 0 unspecified atom stereocenters. The molecule has 1 amide bonds. The predicted molar refractivity (Wildman–Crippen MR) is 111 cm³/mol.